The van der Waals surface area contributed by atoms with Gasteiger partial charge in [0.2, 0.25) is 0 Å². The highest BCUT2D eigenvalue weighted by Gasteiger charge is 2.16. The van der Waals surface area contributed by atoms with Crippen LogP contribution < -0.4 is 10.2 Å². The number of nitrogens with zero attached hydrogens (tertiary/aromatic N) is 3. The van der Waals surface area contributed by atoms with Crippen LogP contribution in [0.25, 0.3) is 0 Å². The van der Waals surface area contributed by atoms with E-state index in [-0.39, 0.29) is 0 Å². The average Bonchev–Trinajstić information content (AvgIpc) is 2.27. The van der Waals surface area contributed by atoms with Gasteiger partial charge in [-0.3, -0.25) is 0 Å². The van der Waals surface area contributed by atoms with E-state index >= 15 is 0 Å². The first kappa shape index (κ1) is 13.7. The van der Waals surface area contributed by atoms with E-state index in [0.717, 1.165) is 23.6 Å². The Morgan fingerprint density at radius 2 is 1.94 bits per heavy atom. The summed E-state index contributed by atoms with van der Waals surface area (Å²) in [6, 6.07) is 0.480. The van der Waals surface area contributed by atoms with Crippen LogP contribution in [-0.2, 0) is 0 Å². The first-order chi connectivity index (χ1) is 7.97. The smallest absolute Gasteiger partial charge is 0.137 e. The van der Waals surface area contributed by atoms with Gasteiger partial charge < -0.3 is 10.2 Å². The van der Waals surface area contributed by atoms with Crippen LogP contribution in [-0.4, -0.2) is 30.1 Å². The summed E-state index contributed by atoms with van der Waals surface area (Å²) in [6.45, 7) is 8.78. The predicted molar refractivity (Wildman–Crippen MR) is 73.6 cm³/mol. The minimum absolute atomic E-state index is 0.480. The lowest BCUT2D eigenvalue weighted by atomic mass is 10.0. The Morgan fingerprint density at radius 3 is 2.47 bits per heavy atom. The summed E-state index contributed by atoms with van der Waals surface area (Å²) < 4.78 is 0. The molecule has 1 unspecified atom stereocenters. The second-order valence-electron chi connectivity index (χ2n) is 5.01. The lowest BCUT2D eigenvalue weighted by Gasteiger charge is -2.28. The van der Waals surface area contributed by atoms with Gasteiger partial charge in [-0.15, -0.1) is 0 Å². The van der Waals surface area contributed by atoms with Gasteiger partial charge in [0.05, 0.1) is 0 Å². The molecule has 0 aliphatic carbocycles. The molecular weight excluding hydrogens is 212 g/mol. The molecule has 1 aromatic heterocycles. The highest BCUT2D eigenvalue weighted by atomic mass is 15.2. The third-order valence-corrected chi connectivity index (χ3v) is 3.10. The second-order valence-corrected chi connectivity index (χ2v) is 5.01. The van der Waals surface area contributed by atoms with Crippen molar-refractivity contribution in [1.82, 2.24) is 9.97 Å². The van der Waals surface area contributed by atoms with Crippen molar-refractivity contribution in [3.63, 3.8) is 0 Å². The molecule has 1 aromatic rings. The van der Waals surface area contributed by atoms with Crippen molar-refractivity contribution in [3.8, 4) is 0 Å². The fraction of sp³-hybridized carbons (Fsp3) is 0.692. The molecule has 1 N–H and O–H groups in total. The zero-order valence-corrected chi connectivity index (χ0v) is 11.8. The van der Waals surface area contributed by atoms with Crippen LogP contribution in [0.2, 0.25) is 0 Å². The van der Waals surface area contributed by atoms with E-state index in [0.29, 0.717) is 12.0 Å². The Labute approximate surface area is 104 Å². The number of hydrogen-bond acceptors (Lipinski definition) is 4. The number of hydrogen-bond donors (Lipinski definition) is 1. The molecule has 0 saturated heterocycles. The Bertz CT molecular complexity index is 362. The van der Waals surface area contributed by atoms with E-state index in [9.17, 15) is 0 Å². The van der Waals surface area contributed by atoms with Gasteiger partial charge in [0.25, 0.3) is 0 Å². The van der Waals surface area contributed by atoms with E-state index in [1.807, 2.05) is 7.05 Å². The molecule has 0 bridgehead atoms. The lowest BCUT2D eigenvalue weighted by Crippen LogP contribution is -2.31. The maximum absolute atomic E-state index is 4.39. The zero-order valence-electron chi connectivity index (χ0n) is 11.8. The van der Waals surface area contributed by atoms with Crippen molar-refractivity contribution >= 4 is 11.6 Å². The van der Waals surface area contributed by atoms with Gasteiger partial charge in [-0.1, -0.05) is 13.8 Å². The summed E-state index contributed by atoms with van der Waals surface area (Å²) in [5, 5.41) is 3.09. The number of rotatable bonds is 5. The van der Waals surface area contributed by atoms with Crippen LogP contribution in [0.3, 0.4) is 0 Å². The summed E-state index contributed by atoms with van der Waals surface area (Å²) in [5.41, 5.74) is 1.10. The summed E-state index contributed by atoms with van der Waals surface area (Å²) in [4.78, 5) is 10.8. The molecule has 0 fully saturated rings. The predicted octanol–water partition coefficient (Wildman–Crippen LogP) is 2.70. The van der Waals surface area contributed by atoms with E-state index in [4.69, 9.17) is 0 Å². The quantitative estimate of drug-likeness (QED) is 0.853. The summed E-state index contributed by atoms with van der Waals surface area (Å²) >= 11 is 0. The molecule has 0 aliphatic rings. The molecule has 1 heterocycles. The van der Waals surface area contributed by atoms with Crippen LogP contribution in [0.4, 0.5) is 11.6 Å². The Kier molecular flexibility index (Phi) is 4.73. The largest absolute Gasteiger partial charge is 0.373 e. The first-order valence-corrected chi connectivity index (χ1v) is 6.19. The fourth-order valence-electron chi connectivity index (χ4n) is 2.10. The van der Waals surface area contributed by atoms with Gasteiger partial charge in [0, 0.05) is 25.7 Å². The first-order valence-electron chi connectivity index (χ1n) is 6.19. The Morgan fingerprint density at radius 1 is 1.29 bits per heavy atom. The maximum atomic E-state index is 4.39. The average molecular weight is 236 g/mol. The molecule has 1 rings (SSSR count). The molecule has 0 spiro atoms. The van der Waals surface area contributed by atoms with Crippen LogP contribution in [0.1, 0.15) is 32.8 Å². The monoisotopic (exact) mass is 236 g/mol. The minimum atomic E-state index is 0.480. The van der Waals surface area contributed by atoms with Crippen molar-refractivity contribution in [3.05, 3.63) is 11.9 Å². The van der Waals surface area contributed by atoms with Crippen LogP contribution in [0.15, 0.2) is 6.33 Å². The molecule has 0 aliphatic heterocycles. The molecule has 0 saturated carbocycles. The molecule has 4 heteroatoms. The molecule has 0 amide bonds. The highest BCUT2D eigenvalue weighted by molar-refractivity contribution is 5.57. The molecule has 17 heavy (non-hydrogen) atoms. The van der Waals surface area contributed by atoms with Crippen molar-refractivity contribution in [2.75, 3.05) is 24.3 Å². The van der Waals surface area contributed by atoms with Gasteiger partial charge in [-0.05, 0) is 26.2 Å². The van der Waals surface area contributed by atoms with Gasteiger partial charge in [-0.25, -0.2) is 9.97 Å². The third kappa shape index (κ3) is 3.32. The highest BCUT2D eigenvalue weighted by Crippen LogP contribution is 2.23. The zero-order chi connectivity index (χ0) is 13.0. The van der Waals surface area contributed by atoms with E-state index < -0.39 is 0 Å². The third-order valence-electron chi connectivity index (χ3n) is 3.10. The summed E-state index contributed by atoms with van der Waals surface area (Å²) in [7, 11) is 3.98. The van der Waals surface area contributed by atoms with Crippen LogP contribution in [0, 0.1) is 12.8 Å². The topological polar surface area (TPSA) is 41.1 Å². The minimum Gasteiger partial charge on any atom is -0.373 e. The van der Waals surface area contributed by atoms with Gasteiger partial charge >= 0.3 is 0 Å². The molecule has 0 radical (unpaired) electrons. The number of anilines is 2. The molecule has 96 valence electrons. The Balaban J connectivity index is 2.92. The standard InChI is InChI=1S/C13H24N4/c1-9(2)7-10(3)17(6)13-11(4)12(14-5)15-8-16-13/h8-10H,7H2,1-6H3,(H,14,15,16). The normalized spacial score (nSPS) is 12.6. The number of nitrogens with one attached hydrogen (secondary N) is 1. The molecular formula is C13H24N4. The van der Waals surface area contributed by atoms with Crippen LogP contribution in [0.5, 0.6) is 0 Å². The van der Waals surface area contributed by atoms with Crippen molar-refractivity contribution < 1.29 is 0 Å². The van der Waals surface area contributed by atoms with Crippen molar-refractivity contribution in [2.24, 2.45) is 5.92 Å². The van der Waals surface area contributed by atoms with Crippen molar-refractivity contribution in [2.45, 2.75) is 40.2 Å². The lowest BCUT2D eigenvalue weighted by molar-refractivity contribution is 0.501. The number of aromatic nitrogens is 2. The summed E-state index contributed by atoms with van der Waals surface area (Å²) in [5.74, 6) is 2.61. The Hall–Kier alpha value is -1.32. The molecule has 4 nitrogen and oxygen atoms in total. The van der Waals surface area contributed by atoms with Crippen molar-refractivity contribution in [1.29, 1.82) is 0 Å². The van der Waals surface area contributed by atoms with E-state index in [1.54, 1.807) is 6.33 Å². The van der Waals surface area contributed by atoms with Crippen LogP contribution >= 0.6 is 0 Å². The summed E-state index contributed by atoms with van der Waals surface area (Å²) in [6.07, 6.45) is 2.78. The van der Waals surface area contributed by atoms with Gasteiger partial charge in [-0.2, -0.15) is 0 Å². The van der Waals surface area contributed by atoms with E-state index in [1.165, 1.54) is 0 Å². The molecule has 0 aromatic carbocycles. The van der Waals surface area contributed by atoms with Gasteiger partial charge in [0.15, 0.2) is 0 Å². The maximum Gasteiger partial charge on any atom is 0.137 e. The fourth-order valence-corrected chi connectivity index (χ4v) is 2.10. The van der Waals surface area contributed by atoms with Gasteiger partial charge in [0.1, 0.15) is 18.0 Å². The van der Waals surface area contributed by atoms with E-state index in [2.05, 4.69) is 54.9 Å². The molecule has 1 atom stereocenters. The second kappa shape index (κ2) is 5.84. The SMILES string of the molecule is CNc1ncnc(N(C)C(C)CC(C)C)c1C.